The van der Waals surface area contributed by atoms with Crippen LogP contribution >= 0.6 is 0 Å². The van der Waals surface area contributed by atoms with Crippen molar-refractivity contribution in [3.63, 3.8) is 0 Å². The molecule has 8 heteroatoms. The molecule has 0 unspecified atom stereocenters. The largest absolute Gasteiger partial charge is 0.341 e. The fourth-order valence-electron chi connectivity index (χ4n) is 3.22. The highest BCUT2D eigenvalue weighted by Crippen LogP contribution is 2.19. The van der Waals surface area contributed by atoms with E-state index in [1.165, 1.54) is 0 Å². The monoisotopic (exact) mass is 343 g/mol. The van der Waals surface area contributed by atoms with E-state index < -0.39 is 0 Å². The van der Waals surface area contributed by atoms with Crippen LogP contribution in [0.2, 0.25) is 0 Å². The van der Waals surface area contributed by atoms with Gasteiger partial charge in [-0.15, -0.1) is 0 Å². The lowest BCUT2D eigenvalue weighted by atomic mass is 10.1. The number of benzene rings is 1. The SMILES string of the molecule is CC[C@@H](Nc1nnnn1-c1ccccc1)C(=O)N1CC[C@H](CNC)C1. The number of carbonyl (C=O) groups excluding carboxylic acids is 1. The second-order valence-corrected chi connectivity index (χ2v) is 6.35. The average molecular weight is 343 g/mol. The number of rotatable bonds is 7. The summed E-state index contributed by atoms with van der Waals surface area (Å²) in [5.74, 6) is 1.13. The van der Waals surface area contributed by atoms with Crippen LogP contribution in [0, 0.1) is 5.92 Å². The summed E-state index contributed by atoms with van der Waals surface area (Å²) in [6.45, 7) is 4.56. The van der Waals surface area contributed by atoms with Crippen LogP contribution in [0.5, 0.6) is 0 Å². The van der Waals surface area contributed by atoms with Gasteiger partial charge in [-0.25, -0.2) is 0 Å². The first-order valence-electron chi connectivity index (χ1n) is 8.76. The van der Waals surface area contributed by atoms with Gasteiger partial charge in [0.15, 0.2) is 0 Å². The number of tetrazole rings is 1. The first-order valence-corrected chi connectivity index (χ1v) is 8.76. The maximum Gasteiger partial charge on any atom is 0.248 e. The Labute approximate surface area is 147 Å². The molecule has 1 amide bonds. The summed E-state index contributed by atoms with van der Waals surface area (Å²) in [6.07, 6.45) is 1.72. The Kier molecular flexibility index (Phi) is 5.60. The third-order valence-electron chi connectivity index (χ3n) is 4.57. The van der Waals surface area contributed by atoms with E-state index in [2.05, 4.69) is 26.2 Å². The number of hydrogen-bond acceptors (Lipinski definition) is 6. The quantitative estimate of drug-likeness (QED) is 0.777. The summed E-state index contributed by atoms with van der Waals surface area (Å²) >= 11 is 0. The number of nitrogens with zero attached hydrogens (tertiary/aromatic N) is 5. The zero-order valence-corrected chi connectivity index (χ0v) is 14.7. The molecule has 0 saturated carbocycles. The van der Waals surface area contributed by atoms with Gasteiger partial charge in [0.05, 0.1) is 5.69 Å². The number of amides is 1. The van der Waals surface area contributed by atoms with Crippen molar-refractivity contribution in [2.45, 2.75) is 25.8 Å². The molecule has 25 heavy (non-hydrogen) atoms. The maximum absolute atomic E-state index is 12.9. The molecule has 3 rings (SSSR count). The Balaban J connectivity index is 1.69. The Morgan fingerprint density at radius 1 is 1.36 bits per heavy atom. The summed E-state index contributed by atoms with van der Waals surface area (Å²) < 4.78 is 1.61. The lowest BCUT2D eigenvalue weighted by molar-refractivity contribution is -0.131. The van der Waals surface area contributed by atoms with E-state index in [1.54, 1.807) is 4.68 Å². The van der Waals surface area contributed by atoms with Gasteiger partial charge in [-0.3, -0.25) is 4.79 Å². The molecule has 0 radical (unpaired) electrons. The Bertz CT molecular complexity index is 687. The smallest absolute Gasteiger partial charge is 0.248 e. The fraction of sp³-hybridized carbons (Fsp3) is 0.529. The number of anilines is 1. The molecule has 0 aliphatic carbocycles. The van der Waals surface area contributed by atoms with Crippen LogP contribution in [0.3, 0.4) is 0 Å². The minimum absolute atomic E-state index is 0.115. The number of hydrogen-bond donors (Lipinski definition) is 2. The molecule has 1 fully saturated rings. The van der Waals surface area contributed by atoms with E-state index >= 15 is 0 Å². The van der Waals surface area contributed by atoms with Crippen molar-refractivity contribution in [3.05, 3.63) is 30.3 Å². The summed E-state index contributed by atoms with van der Waals surface area (Å²) in [5.41, 5.74) is 0.854. The number of nitrogens with one attached hydrogen (secondary N) is 2. The molecule has 0 bridgehead atoms. The van der Waals surface area contributed by atoms with Gasteiger partial charge in [0.25, 0.3) is 0 Å². The molecular formula is C17H25N7O. The highest BCUT2D eigenvalue weighted by Gasteiger charge is 2.30. The predicted molar refractivity (Wildman–Crippen MR) is 95.5 cm³/mol. The van der Waals surface area contributed by atoms with Gasteiger partial charge in [0.2, 0.25) is 11.9 Å². The lowest BCUT2D eigenvalue weighted by Crippen LogP contribution is -2.42. The van der Waals surface area contributed by atoms with Crippen LogP contribution in [0.15, 0.2) is 30.3 Å². The number of likely N-dealkylation sites (tertiary alicyclic amines) is 1. The van der Waals surface area contributed by atoms with Gasteiger partial charge in [-0.2, -0.15) is 4.68 Å². The van der Waals surface area contributed by atoms with E-state index in [4.69, 9.17) is 0 Å². The number of carbonyl (C=O) groups is 1. The molecule has 2 aromatic rings. The summed E-state index contributed by atoms with van der Waals surface area (Å²) in [6, 6.07) is 9.31. The van der Waals surface area contributed by atoms with Gasteiger partial charge in [0.1, 0.15) is 6.04 Å². The van der Waals surface area contributed by atoms with E-state index in [1.807, 2.05) is 49.2 Å². The van der Waals surface area contributed by atoms with Crippen molar-refractivity contribution < 1.29 is 4.79 Å². The van der Waals surface area contributed by atoms with Crippen molar-refractivity contribution in [2.75, 3.05) is 32.0 Å². The van der Waals surface area contributed by atoms with Crippen LogP contribution in [0.25, 0.3) is 5.69 Å². The second kappa shape index (κ2) is 8.06. The highest BCUT2D eigenvalue weighted by molar-refractivity contribution is 5.84. The predicted octanol–water partition coefficient (Wildman–Crippen LogP) is 0.921. The first-order chi connectivity index (χ1) is 12.2. The van der Waals surface area contributed by atoms with Crippen LogP contribution in [-0.2, 0) is 4.79 Å². The van der Waals surface area contributed by atoms with Gasteiger partial charge in [-0.05, 0) is 54.9 Å². The summed E-state index contributed by atoms with van der Waals surface area (Å²) in [5, 5.41) is 18.2. The van der Waals surface area contributed by atoms with Gasteiger partial charge in [-0.1, -0.05) is 30.2 Å². The third-order valence-corrected chi connectivity index (χ3v) is 4.57. The van der Waals surface area contributed by atoms with E-state index in [-0.39, 0.29) is 11.9 Å². The minimum Gasteiger partial charge on any atom is -0.341 e. The van der Waals surface area contributed by atoms with E-state index in [9.17, 15) is 4.79 Å². The molecule has 134 valence electrons. The van der Waals surface area contributed by atoms with Crippen molar-refractivity contribution in [1.29, 1.82) is 0 Å². The zero-order valence-electron chi connectivity index (χ0n) is 14.7. The van der Waals surface area contributed by atoms with Gasteiger partial charge >= 0.3 is 0 Å². The van der Waals surface area contributed by atoms with Crippen LogP contribution in [0.4, 0.5) is 5.95 Å². The van der Waals surface area contributed by atoms with Gasteiger partial charge < -0.3 is 15.5 Å². The van der Waals surface area contributed by atoms with Crippen LogP contribution < -0.4 is 10.6 Å². The third kappa shape index (κ3) is 3.96. The molecule has 2 heterocycles. The maximum atomic E-state index is 12.9. The van der Waals surface area contributed by atoms with Crippen molar-refractivity contribution in [3.8, 4) is 5.69 Å². The first kappa shape index (κ1) is 17.3. The molecule has 8 nitrogen and oxygen atoms in total. The summed E-state index contributed by atoms with van der Waals surface area (Å²) in [7, 11) is 1.95. The highest BCUT2D eigenvalue weighted by atomic mass is 16.2. The average Bonchev–Trinajstić information content (AvgIpc) is 3.29. The van der Waals surface area contributed by atoms with Crippen molar-refractivity contribution >= 4 is 11.9 Å². The van der Waals surface area contributed by atoms with Crippen LogP contribution in [0.1, 0.15) is 19.8 Å². The Morgan fingerprint density at radius 2 is 2.16 bits per heavy atom. The topological polar surface area (TPSA) is 88.0 Å². The van der Waals surface area contributed by atoms with Crippen molar-refractivity contribution in [2.24, 2.45) is 5.92 Å². The van der Waals surface area contributed by atoms with Gasteiger partial charge in [0, 0.05) is 13.1 Å². The molecule has 2 atom stereocenters. The summed E-state index contributed by atoms with van der Waals surface area (Å²) in [4.78, 5) is 14.8. The number of para-hydroxylation sites is 1. The Morgan fingerprint density at radius 3 is 2.88 bits per heavy atom. The van der Waals surface area contributed by atoms with Crippen LogP contribution in [-0.4, -0.2) is 63.7 Å². The molecule has 0 spiro atoms. The molecule has 1 saturated heterocycles. The fourth-order valence-corrected chi connectivity index (χ4v) is 3.22. The molecule has 2 N–H and O–H groups in total. The molecule has 1 aromatic carbocycles. The zero-order chi connectivity index (χ0) is 17.6. The molecule has 1 aromatic heterocycles. The Hall–Kier alpha value is -2.48. The lowest BCUT2D eigenvalue weighted by Gasteiger charge is -2.23. The van der Waals surface area contributed by atoms with Crippen molar-refractivity contribution in [1.82, 2.24) is 30.4 Å². The van der Waals surface area contributed by atoms with E-state index in [0.29, 0.717) is 18.3 Å². The second-order valence-electron chi connectivity index (χ2n) is 6.35. The normalized spacial score (nSPS) is 18.3. The van der Waals surface area contributed by atoms with E-state index in [0.717, 1.165) is 31.7 Å². The standard InChI is InChI=1S/C17H25N7O/c1-3-15(16(25)23-10-9-13(12-23)11-18-2)19-17-20-21-22-24(17)14-7-5-4-6-8-14/h4-8,13,15,18H,3,9-12H2,1-2H3,(H,19,20,22)/t13-,15-/m1/s1. The number of aromatic nitrogens is 4. The molecule has 1 aliphatic rings. The molecular weight excluding hydrogens is 318 g/mol. The molecule has 1 aliphatic heterocycles. The minimum atomic E-state index is -0.332.